The second-order valence-corrected chi connectivity index (χ2v) is 1.96. The first-order valence-electron chi connectivity index (χ1n) is 2.81. The van der Waals surface area contributed by atoms with Crippen LogP contribution in [-0.4, -0.2) is 6.54 Å². The van der Waals surface area contributed by atoms with Crippen LogP contribution < -0.4 is 5.73 Å². The molecule has 1 aliphatic rings. The summed E-state index contributed by atoms with van der Waals surface area (Å²) < 4.78 is 0. The molecule has 0 heterocycles. The van der Waals surface area contributed by atoms with Gasteiger partial charge < -0.3 is 5.73 Å². The van der Waals surface area contributed by atoms with Crippen molar-refractivity contribution in [1.29, 1.82) is 0 Å². The zero-order valence-corrected chi connectivity index (χ0v) is 4.48. The van der Waals surface area contributed by atoms with Crippen molar-refractivity contribution in [3.8, 4) is 0 Å². The van der Waals surface area contributed by atoms with E-state index in [2.05, 4.69) is 6.08 Å². The summed E-state index contributed by atoms with van der Waals surface area (Å²) in [6.45, 7) is 0.778. The third-order valence-corrected chi connectivity index (χ3v) is 1.40. The predicted octanol–water partition coefficient (Wildman–Crippen LogP) is 1.06. The summed E-state index contributed by atoms with van der Waals surface area (Å²) >= 11 is 0. The van der Waals surface area contributed by atoms with Gasteiger partial charge in [0, 0.05) is 6.54 Å². The highest BCUT2D eigenvalue weighted by Gasteiger charge is 1.99. The van der Waals surface area contributed by atoms with Crippen molar-refractivity contribution >= 4 is 0 Å². The lowest BCUT2D eigenvalue weighted by atomic mass is 10.2. The van der Waals surface area contributed by atoms with Gasteiger partial charge in [-0.3, -0.25) is 0 Å². The van der Waals surface area contributed by atoms with Gasteiger partial charge in [-0.1, -0.05) is 11.6 Å². The van der Waals surface area contributed by atoms with Gasteiger partial charge in [0.05, 0.1) is 0 Å². The second kappa shape index (κ2) is 2.12. The zero-order chi connectivity index (χ0) is 5.11. The molecule has 1 heteroatoms. The highest BCUT2D eigenvalue weighted by atomic mass is 14.5. The summed E-state index contributed by atoms with van der Waals surface area (Å²) in [4.78, 5) is 0. The standard InChI is InChI=1S/C6H11N/c7-5-6-3-1-2-4-6/h3H,1-2,4-5,7H2. The van der Waals surface area contributed by atoms with Gasteiger partial charge >= 0.3 is 0 Å². The lowest BCUT2D eigenvalue weighted by Gasteiger charge is -1.89. The molecular formula is C6H11N. The Morgan fingerprint density at radius 1 is 1.71 bits per heavy atom. The molecule has 1 aliphatic carbocycles. The van der Waals surface area contributed by atoms with Crippen LogP contribution in [0.2, 0.25) is 0 Å². The summed E-state index contributed by atoms with van der Waals surface area (Å²) in [6, 6.07) is 0. The van der Waals surface area contributed by atoms with Crippen LogP contribution in [0.3, 0.4) is 0 Å². The first-order chi connectivity index (χ1) is 3.43. The minimum absolute atomic E-state index is 0.778. The van der Waals surface area contributed by atoms with Gasteiger partial charge in [-0.15, -0.1) is 0 Å². The van der Waals surface area contributed by atoms with Gasteiger partial charge in [-0.25, -0.2) is 0 Å². The van der Waals surface area contributed by atoms with E-state index in [1.807, 2.05) is 0 Å². The maximum atomic E-state index is 5.37. The third-order valence-electron chi connectivity index (χ3n) is 1.40. The van der Waals surface area contributed by atoms with Crippen LogP contribution in [0.4, 0.5) is 0 Å². The van der Waals surface area contributed by atoms with Crippen molar-refractivity contribution in [3.05, 3.63) is 11.6 Å². The molecule has 40 valence electrons. The lowest BCUT2D eigenvalue weighted by Crippen LogP contribution is -1.99. The quantitative estimate of drug-likeness (QED) is 0.486. The van der Waals surface area contributed by atoms with E-state index < -0.39 is 0 Å². The Morgan fingerprint density at radius 3 is 2.86 bits per heavy atom. The van der Waals surface area contributed by atoms with Crippen LogP contribution in [0.5, 0.6) is 0 Å². The van der Waals surface area contributed by atoms with Gasteiger partial charge in [0.2, 0.25) is 0 Å². The third kappa shape index (κ3) is 1.03. The molecule has 0 unspecified atom stereocenters. The number of nitrogens with two attached hydrogens (primary N) is 1. The SMILES string of the molecule is NCC1=CCCC1. The summed E-state index contributed by atoms with van der Waals surface area (Å²) in [5.74, 6) is 0. The van der Waals surface area contributed by atoms with E-state index in [0.717, 1.165) is 6.54 Å². The molecule has 0 aromatic carbocycles. The Labute approximate surface area is 44.2 Å². The van der Waals surface area contributed by atoms with Crippen LogP contribution >= 0.6 is 0 Å². The lowest BCUT2D eigenvalue weighted by molar-refractivity contribution is 0.889. The highest BCUT2D eigenvalue weighted by Crippen LogP contribution is 2.15. The number of hydrogen-bond donors (Lipinski definition) is 1. The molecule has 0 saturated heterocycles. The van der Waals surface area contributed by atoms with Gasteiger partial charge in [-0.2, -0.15) is 0 Å². The van der Waals surface area contributed by atoms with E-state index >= 15 is 0 Å². The minimum atomic E-state index is 0.778. The van der Waals surface area contributed by atoms with Crippen molar-refractivity contribution in [1.82, 2.24) is 0 Å². The normalized spacial score (nSPS) is 19.9. The summed E-state index contributed by atoms with van der Waals surface area (Å²) in [6.07, 6.45) is 6.08. The van der Waals surface area contributed by atoms with Crippen molar-refractivity contribution < 1.29 is 0 Å². The van der Waals surface area contributed by atoms with Gasteiger partial charge in [0.1, 0.15) is 0 Å². The van der Waals surface area contributed by atoms with Crippen LogP contribution in [0.25, 0.3) is 0 Å². The molecule has 0 bridgehead atoms. The van der Waals surface area contributed by atoms with E-state index in [-0.39, 0.29) is 0 Å². The molecule has 1 nitrogen and oxygen atoms in total. The fourth-order valence-corrected chi connectivity index (χ4v) is 0.923. The van der Waals surface area contributed by atoms with Gasteiger partial charge in [0.25, 0.3) is 0 Å². The Morgan fingerprint density at radius 2 is 2.57 bits per heavy atom. The Balaban J connectivity index is 2.36. The van der Waals surface area contributed by atoms with Crippen molar-refractivity contribution in [2.45, 2.75) is 19.3 Å². The first-order valence-corrected chi connectivity index (χ1v) is 2.81. The minimum Gasteiger partial charge on any atom is -0.327 e. The second-order valence-electron chi connectivity index (χ2n) is 1.96. The Hall–Kier alpha value is -0.300. The molecule has 0 fully saturated rings. The van der Waals surface area contributed by atoms with Gasteiger partial charge in [-0.05, 0) is 19.3 Å². The number of hydrogen-bond acceptors (Lipinski definition) is 1. The van der Waals surface area contributed by atoms with E-state index in [9.17, 15) is 0 Å². The number of rotatable bonds is 1. The maximum Gasteiger partial charge on any atom is 0.0136 e. The van der Waals surface area contributed by atoms with Crippen LogP contribution in [0, 0.1) is 0 Å². The van der Waals surface area contributed by atoms with Crippen LogP contribution in [-0.2, 0) is 0 Å². The molecule has 7 heavy (non-hydrogen) atoms. The van der Waals surface area contributed by atoms with Gasteiger partial charge in [0.15, 0.2) is 0 Å². The smallest absolute Gasteiger partial charge is 0.0136 e. The molecule has 0 saturated carbocycles. The van der Waals surface area contributed by atoms with E-state index in [0.29, 0.717) is 0 Å². The Bertz CT molecular complexity index is 84.2. The zero-order valence-electron chi connectivity index (χ0n) is 4.48. The number of allylic oxidation sites excluding steroid dienone is 1. The first kappa shape index (κ1) is 4.85. The highest BCUT2D eigenvalue weighted by molar-refractivity contribution is 5.08. The molecule has 0 spiro atoms. The van der Waals surface area contributed by atoms with E-state index in [1.54, 1.807) is 0 Å². The van der Waals surface area contributed by atoms with Crippen LogP contribution in [0.1, 0.15) is 19.3 Å². The largest absolute Gasteiger partial charge is 0.327 e. The molecule has 0 radical (unpaired) electrons. The molecule has 2 N–H and O–H groups in total. The molecule has 0 amide bonds. The maximum absolute atomic E-state index is 5.37. The summed E-state index contributed by atoms with van der Waals surface area (Å²) in [5.41, 5.74) is 6.81. The molecule has 1 rings (SSSR count). The Kier molecular flexibility index (Phi) is 1.47. The van der Waals surface area contributed by atoms with Crippen LogP contribution in [0.15, 0.2) is 11.6 Å². The molecular weight excluding hydrogens is 86.1 g/mol. The molecule has 0 aromatic rings. The van der Waals surface area contributed by atoms with Crippen molar-refractivity contribution in [3.63, 3.8) is 0 Å². The summed E-state index contributed by atoms with van der Waals surface area (Å²) in [7, 11) is 0. The average Bonchev–Trinajstić information content (AvgIpc) is 2.14. The monoisotopic (exact) mass is 97.1 g/mol. The summed E-state index contributed by atoms with van der Waals surface area (Å²) in [5, 5.41) is 0. The molecule has 0 atom stereocenters. The molecule has 0 aromatic heterocycles. The average molecular weight is 97.2 g/mol. The fourth-order valence-electron chi connectivity index (χ4n) is 0.923. The van der Waals surface area contributed by atoms with E-state index in [1.165, 1.54) is 24.8 Å². The topological polar surface area (TPSA) is 26.0 Å². The predicted molar refractivity (Wildman–Crippen MR) is 31.0 cm³/mol. The molecule has 0 aliphatic heterocycles. The van der Waals surface area contributed by atoms with Crippen molar-refractivity contribution in [2.24, 2.45) is 5.73 Å². The van der Waals surface area contributed by atoms with E-state index in [4.69, 9.17) is 5.73 Å². The van der Waals surface area contributed by atoms with Crippen molar-refractivity contribution in [2.75, 3.05) is 6.54 Å². The fraction of sp³-hybridized carbons (Fsp3) is 0.667.